The van der Waals surface area contributed by atoms with E-state index in [4.69, 9.17) is 0 Å². The minimum atomic E-state index is 0.512. The fourth-order valence-corrected chi connectivity index (χ4v) is 5.05. The van der Waals surface area contributed by atoms with E-state index in [1.165, 1.54) is 15.0 Å². The van der Waals surface area contributed by atoms with Crippen molar-refractivity contribution in [3.63, 3.8) is 0 Å². The molecule has 1 heterocycles. The molecule has 0 aliphatic rings. The van der Waals surface area contributed by atoms with Crippen LogP contribution in [0.3, 0.4) is 0 Å². The number of benzene rings is 1. The summed E-state index contributed by atoms with van der Waals surface area (Å²) in [5, 5.41) is 5.43. The molecule has 1 aromatic carbocycles. The van der Waals surface area contributed by atoms with Crippen LogP contribution in [-0.4, -0.2) is 22.0 Å². The molecule has 1 N–H and O–H groups in total. The zero-order chi connectivity index (χ0) is 11.4. The van der Waals surface area contributed by atoms with Crippen molar-refractivity contribution < 1.29 is 0 Å². The van der Waals surface area contributed by atoms with E-state index in [1.54, 1.807) is 0 Å². The van der Waals surface area contributed by atoms with E-state index in [9.17, 15) is 0 Å². The summed E-state index contributed by atoms with van der Waals surface area (Å²) in [6, 6.07) is 12.9. The molecule has 0 saturated carbocycles. The summed E-state index contributed by atoms with van der Waals surface area (Å²) in [7, 11) is 1.99. The van der Waals surface area contributed by atoms with E-state index in [0.717, 1.165) is 0 Å². The van der Waals surface area contributed by atoms with Gasteiger partial charge in [-0.05, 0) is 0 Å². The minimum absolute atomic E-state index is 0.512. The first-order chi connectivity index (χ1) is 7.81. The van der Waals surface area contributed by atoms with Gasteiger partial charge in [-0.2, -0.15) is 0 Å². The fraction of sp³-hybridized carbons (Fsp3) is 0.231. The standard InChI is InChI=1S/C13H15NSSe/c1-10(13-12(14-2)8-9-15-13)16-11-6-4-3-5-7-11/h3-10,14H,1-2H3. The van der Waals surface area contributed by atoms with Crippen molar-refractivity contribution in [2.75, 3.05) is 12.4 Å². The normalized spacial score (nSPS) is 12.4. The van der Waals surface area contributed by atoms with E-state index in [-0.39, 0.29) is 0 Å². The molecule has 1 unspecified atom stereocenters. The van der Waals surface area contributed by atoms with Crippen molar-refractivity contribution in [2.45, 2.75) is 11.7 Å². The number of hydrogen-bond donors (Lipinski definition) is 1. The molecule has 0 aliphatic carbocycles. The van der Waals surface area contributed by atoms with Gasteiger partial charge in [-0.25, -0.2) is 0 Å². The summed E-state index contributed by atoms with van der Waals surface area (Å²) >= 11 is 2.37. The first-order valence-corrected chi connectivity index (χ1v) is 8.00. The molecule has 1 nitrogen and oxygen atoms in total. The third-order valence-electron chi connectivity index (χ3n) is 2.39. The second-order valence-electron chi connectivity index (χ2n) is 3.52. The van der Waals surface area contributed by atoms with Crippen LogP contribution in [0.2, 0.25) is 0 Å². The van der Waals surface area contributed by atoms with Gasteiger partial charge in [0.1, 0.15) is 0 Å². The van der Waals surface area contributed by atoms with Crippen LogP contribution >= 0.6 is 11.3 Å². The third-order valence-corrected chi connectivity index (χ3v) is 6.20. The molecule has 2 rings (SSSR count). The molecule has 0 spiro atoms. The molecule has 0 bridgehead atoms. The Balaban J connectivity index is 2.11. The summed E-state index contributed by atoms with van der Waals surface area (Å²) in [6.45, 7) is 2.32. The van der Waals surface area contributed by atoms with E-state index in [0.29, 0.717) is 19.8 Å². The molecule has 1 atom stereocenters. The Morgan fingerprint density at radius 3 is 2.62 bits per heavy atom. The zero-order valence-corrected chi connectivity index (χ0v) is 12.0. The summed E-state index contributed by atoms with van der Waals surface area (Å²) in [5.41, 5.74) is 1.29. The predicted octanol–water partition coefficient (Wildman–Crippen LogP) is 2.88. The van der Waals surface area contributed by atoms with Crippen molar-refractivity contribution in [2.24, 2.45) is 0 Å². The van der Waals surface area contributed by atoms with E-state index in [2.05, 4.69) is 54.0 Å². The van der Waals surface area contributed by atoms with E-state index >= 15 is 0 Å². The SMILES string of the molecule is CNc1ccsc1C(C)[Se]c1ccccc1. The second-order valence-corrected chi connectivity index (χ2v) is 7.44. The Morgan fingerprint density at radius 2 is 1.94 bits per heavy atom. The number of hydrogen-bond acceptors (Lipinski definition) is 2. The molecule has 3 heteroatoms. The Morgan fingerprint density at radius 1 is 1.19 bits per heavy atom. The molecular weight excluding hydrogens is 281 g/mol. The van der Waals surface area contributed by atoms with Crippen LogP contribution in [0.4, 0.5) is 5.69 Å². The van der Waals surface area contributed by atoms with Crippen molar-refractivity contribution in [3.8, 4) is 0 Å². The molecule has 0 saturated heterocycles. The maximum absolute atomic E-state index is 3.26. The molecule has 2 aromatic rings. The van der Waals surface area contributed by atoms with Gasteiger partial charge in [-0.1, -0.05) is 0 Å². The summed E-state index contributed by atoms with van der Waals surface area (Å²) in [4.78, 5) is 2.11. The van der Waals surface area contributed by atoms with Crippen LogP contribution in [0.15, 0.2) is 41.8 Å². The van der Waals surface area contributed by atoms with Crippen LogP contribution in [0, 0.1) is 0 Å². The van der Waals surface area contributed by atoms with Crippen LogP contribution in [0.25, 0.3) is 0 Å². The van der Waals surface area contributed by atoms with E-state index in [1.807, 2.05) is 18.4 Å². The first-order valence-electron chi connectivity index (χ1n) is 5.28. The van der Waals surface area contributed by atoms with Crippen molar-refractivity contribution in [1.82, 2.24) is 0 Å². The van der Waals surface area contributed by atoms with E-state index < -0.39 is 0 Å². The van der Waals surface area contributed by atoms with Gasteiger partial charge in [0.05, 0.1) is 0 Å². The molecule has 84 valence electrons. The number of anilines is 1. The Kier molecular flexibility index (Phi) is 4.05. The fourth-order valence-electron chi connectivity index (χ4n) is 1.60. The van der Waals surface area contributed by atoms with Gasteiger partial charge in [0.25, 0.3) is 0 Å². The monoisotopic (exact) mass is 297 g/mol. The van der Waals surface area contributed by atoms with Crippen LogP contribution in [-0.2, 0) is 0 Å². The van der Waals surface area contributed by atoms with Gasteiger partial charge in [0.2, 0.25) is 0 Å². The van der Waals surface area contributed by atoms with Gasteiger partial charge in [0, 0.05) is 0 Å². The molecule has 0 amide bonds. The average Bonchev–Trinajstić information content (AvgIpc) is 2.78. The Hall–Kier alpha value is -0.761. The van der Waals surface area contributed by atoms with Crippen molar-refractivity contribution in [1.29, 1.82) is 0 Å². The van der Waals surface area contributed by atoms with Crippen LogP contribution in [0.1, 0.15) is 16.6 Å². The van der Waals surface area contributed by atoms with Crippen LogP contribution in [0.5, 0.6) is 0 Å². The van der Waals surface area contributed by atoms with Gasteiger partial charge < -0.3 is 0 Å². The zero-order valence-electron chi connectivity index (χ0n) is 9.44. The molecule has 16 heavy (non-hydrogen) atoms. The molecular formula is C13H15NSSe. The number of rotatable bonds is 4. The quantitative estimate of drug-likeness (QED) is 0.856. The molecule has 0 fully saturated rings. The Labute approximate surface area is 107 Å². The second kappa shape index (κ2) is 5.53. The van der Waals surface area contributed by atoms with Gasteiger partial charge in [-0.3, -0.25) is 0 Å². The number of nitrogens with one attached hydrogen (secondary N) is 1. The van der Waals surface area contributed by atoms with Gasteiger partial charge >= 0.3 is 107 Å². The van der Waals surface area contributed by atoms with Gasteiger partial charge in [-0.15, -0.1) is 0 Å². The average molecular weight is 296 g/mol. The summed E-state index contributed by atoms with van der Waals surface area (Å²) in [5.74, 6) is 0. The van der Waals surface area contributed by atoms with Crippen LogP contribution < -0.4 is 9.78 Å². The number of thiophene rings is 1. The van der Waals surface area contributed by atoms with Gasteiger partial charge in [0.15, 0.2) is 0 Å². The maximum atomic E-state index is 3.26. The summed E-state index contributed by atoms with van der Waals surface area (Å²) in [6.07, 6.45) is 0. The summed E-state index contributed by atoms with van der Waals surface area (Å²) < 4.78 is 1.47. The molecule has 0 aliphatic heterocycles. The Bertz CT molecular complexity index is 438. The third kappa shape index (κ3) is 2.67. The van der Waals surface area contributed by atoms with Crippen molar-refractivity contribution in [3.05, 3.63) is 46.7 Å². The molecule has 0 radical (unpaired) electrons. The molecule has 1 aromatic heterocycles. The van der Waals surface area contributed by atoms with Crippen molar-refractivity contribution >= 4 is 36.4 Å². The topological polar surface area (TPSA) is 12.0 Å². The first kappa shape index (κ1) is 11.7. The predicted molar refractivity (Wildman–Crippen MR) is 74.1 cm³/mol.